The highest BCUT2D eigenvalue weighted by Gasteiger charge is 2.22. The Morgan fingerprint density at radius 3 is 1.79 bits per heavy atom. The van der Waals surface area contributed by atoms with Crippen molar-refractivity contribution in [3.05, 3.63) is 99.1 Å². The van der Waals surface area contributed by atoms with E-state index in [0.29, 0.717) is 21.7 Å². The molecule has 142 valence electrons. The fraction of sp³-hybridized carbons (Fsp3) is 0. The van der Waals surface area contributed by atoms with Gasteiger partial charge >= 0.3 is 0 Å². The monoisotopic (exact) mass is 415 g/mol. The first-order chi connectivity index (χ1) is 13.4. The van der Waals surface area contributed by atoms with Crippen molar-refractivity contribution in [2.75, 3.05) is 0 Å². The molecule has 0 amide bonds. The molecule has 3 aromatic carbocycles. The highest BCUT2D eigenvalue weighted by Crippen LogP contribution is 2.36. The van der Waals surface area contributed by atoms with Crippen molar-refractivity contribution in [3.63, 3.8) is 0 Å². The van der Waals surface area contributed by atoms with Gasteiger partial charge in [-0.25, -0.2) is 4.21 Å². The lowest BCUT2D eigenvalue weighted by molar-refractivity contribution is -0.396. The van der Waals surface area contributed by atoms with Crippen LogP contribution in [0.4, 0.5) is 11.4 Å². The minimum absolute atomic E-state index is 0.0650. The van der Waals surface area contributed by atoms with Gasteiger partial charge in [-0.15, -0.1) is 0 Å². The number of rotatable bonds is 6. The van der Waals surface area contributed by atoms with Crippen molar-refractivity contribution in [2.24, 2.45) is 3.77 Å². The molecular formula is C18H13N3O5S2. The molecule has 0 heterocycles. The molecule has 0 aliphatic heterocycles. The van der Waals surface area contributed by atoms with Gasteiger partial charge in [-0.2, -0.15) is 3.77 Å². The van der Waals surface area contributed by atoms with Gasteiger partial charge in [0.25, 0.3) is 11.4 Å². The molecule has 0 aliphatic rings. The second kappa shape index (κ2) is 8.19. The van der Waals surface area contributed by atoms with Gasteiger partial charge in [0.1, 0.15) is 14.6 Å². The first-order valence-electron chi connectivity index (χ1n) is 7.88. The maximum absolute atomic E-state index is 13.8. The van der Waals surface area contributed by atoms with Crippen molar-refractivity contribution in [1.82, 2.24) is 0 Å². The van der Waals surface area contributed by atoms with E-state index in [4.69, 9.17) is 0 Å². The van der Waals surface area contributed by atoms with Crippen molar-refractivity contribution in [1.29, 1.82) is 0 Å². The molecule has 8 nitrogen and oxygen atoms in total. The van der Waals surface area contributed by atoms with Crippen LogP contribution >= 0.6 is 11.9 Å². The van der Waals surface area contributed by atoms with Gasteiger partial charge in [-0.05, 0) is 30.3 Å². The number of nitrogens with zero attached hydrogens (tertiary/aromatic N) is 3. The van der Waals surface area contributed by atoms with Gasteiger partial charge in [0, 0.05) is 18.0 Å². The summed E-state index contributed by atoms with van der Waals surface area (Å²) < 4.78 is 18.0. The average molecular weight is 415 g/mol. The minimum atomic E-state index is -3.08. The summed E-state index contributed by atoms with van der Waals surface area (Å²) in [6, 6.07) is 20.4. The average Bonchev–Trinajstić information content (AvgIpc) is 2.73. The van der Waals surface area contributed by atoms with E-state index in [-0.39, 0.29) is 4.90 Å². The largest absolute Gasteiger partial charge is 0.291 e. The summed E-state index contributed by atoms with van der Waals surface area (Å²) in [5.74, 6) is 0. The third-order valence-corrected chi connectivity index (χ3v) is 7.22. The van der Waals surface area contributed by atoms with Gasteiger partial charge in [-0.3, -0.25) is 20.2 Å². The van der Waals surface area contributed by atoms with Crippen LogP contribution in [0.5, 0.6) is 0 Å². The normalized spacial score (nSPS) is 11.0. The molecule has 0 aromatic heterocycles. The smallest absolute Gasteiger partial charge is 0.258 e. The molecule has 0 bridgehead atoms. The van der Waals surface area contributed by atoms with Crippen molar-refractivity contribution in [3.8, 4) is 0 Å². The Labute approximate surface area is 164 Å². The SMILES string of the molecule is O=[N+]([O-])c1ccc(SN=S(=O)(c2ccccc2)c2ccccc2)c([N+](=O)[O-])c1. The molecule has 0 saturated heterocycles. The number of nitro benzene ring substituents is 2. The Morgan fingerprint density at radius 2 is 1.32 bits per heavy atom. The summed E-state index contributed by atoms with van der Waals surface area (Å²) in [6.45, 7) is 0. The Bertz CT molecular complexity index is 1100. The molecule has 0 aliphatic carbocycles. The van der Waals surface area contributed by atoms with Crippen LogP contribution in [0.3, 0.4) is 0 Å². The second-order valence-corrected chi connectivity index (χ2v) is 8.70. The zero-order chi connectivity index (χ0) is 20.1. The molecule has 0 atom stereocenters. The molecule has 3 rings (SSSR count). The summed E-state index contributed by atoms with van der Waals surface area (Å²) in [5.41, 5.74) is -0.867. The molecule has 3 aromatic rings. The first kappa shape index (κ1) is 19.5. The van der Waals surface area contributed by atoms with Crippen LogP contribution in [-0.4, -0.2) is 14.1 Å². The predicted octanol–water partition coefficient (Wildman–Crippen LogP) is 5.10. The number of hydrogen-bond donors (Lipinski definition) is 0. The standard InChI is InChI=1S/C18H13N3O5S2/c22-20(23)14-11-12-18(17(13-14)21(24)25)27-19-28(26,15-7-3-1-4-8-15)16-9-5-2-6-10-16/h1-13H. The number of hydrogen-bond acceptors (Lipinski definition) is 7. The van der Waals surface area contributed by atoms with E-state index < -0.39 is 31.0 Å². The molecule has 0 unspecified atom stereocenters. The van der Waals surface area contributed by atoms with Crippen LogP contribution in [-0.2, 0) is 9.73 Å². The highest BCUT2D eigenvalue weighted by atomic mass is 32.2. The van der Waals surface area contributed by atoms with Gasteiger partial charge in [0.05, 0.1) is 25.7 Å². The lowest BCUT2D eigenvalue weighted by Gasteiger charge is -2.10. The number of benzene rings is 3. The fourth-order valence-electron chi connectivity index (χ4n) is 2.36. The maximum Gasteiger partial charge on any atom is 0.291 e. The summed E-state index contributed by atoms with van der Waals surface area (Å²) in [6.07, 6.45) is 0. The minimum Gasteiger partial charge on any atom is -0.258 e. The van der Waals surface area contributed by atoms with Crippen LogP contribution < -0.4 is 0 Å². The van der Waals surface area contributed by atoms with Crippen LogP contribution in [0.2, 0.25) is 0 Å². The van der Waals surface area contributed by atoms with E-state index in [1.54, 1.807) is 60.7 Å². The molecule has 0 spiro atoms. The predicted molar refractivity (Wildman–Crippen MR) is 106 cm³/mol. The van der Waals surface area contributed by atoms with Gasteiger partial charge in [0.2, 0.25) is 0 Å². The summed E-state index contributed by atoms with van der Waals surface area (Å²) in [4.78, 5) is 21.7. The maximum atomic E-state index is 13.8. The quantitative estimate of drug-likeness (QED) is 0.314. The first-order valence-corrected chi connectivity index (χ1v) is 10.2. The molecule has 0 N–H and O–H groups in total. The van der Waals surface area contributed by atoms with E-state index >= 15 is 0 Å². The zero-order valence-corrected chi connectivity index (χ0v) is 15.8. The third kappa shape index (κ3) is 4.02. The summed E-state index contributed by atoms with van der Waals surface area (Å²) in [7, 11) is -3.08. The van der Waals surface area contributed by atoms with Gasteiger partial charge < -0.3 is 0 Å². The number of nitro groups is 2. The van der Waals surface area contributed by atoms with E-state index in [0.717, 1.165) is 12.1 Å². The molecule has 10 heteroatoms. The van der Waals surface area contributed by atoms with Gasteiger partial charge in [0.15, 0.2) is 0 Å². The lowest BCUT2D eigenvalue weighted by atomic mass is 10.3. The second-order valence-electron chi connectivity index (χ2n) is 5.48. The topological polar surface area (TPSA) is 116 Å². The van der Waals surface area contributed by atoms with Crippen molar-refractivity contribution in [2.45, 2.75) is 14.7 Å². The van der Waals surface area contributed by atoms with Crippen LogP contribution in [0.25, 0.3) is 0 Å². The Balaban J connectivity index is 2.13. The molecule has 28 heavy (non-hydrogen) atoms. The molecular weight excluding hydrogens is 402 g/mol. The summed E-state index contributed by atoms with van der Waals surface area (Å²) in [5, 5.41) is 22.2. The summed E-state index contributed by atoms with van der Waals surface area (Å²) >= 11 is 0.678. The Morgan fingerprint density at radius 1 is 0.786 bits per heavy atom. The molecule has 0 fully saturated rings. The van der Waals surface area contributed by atoms with Crippen molar-refractivity contribution < 1.29 is 14.1 Å². The van der Waals surface area contributed by atoms with Crippen LogP contribution in [0.15, 0.2) is 97.3 Å². The molecule has 0 saturated carbocycles. The van der Waals surface area contributed by atoms with Crippen LogP contribution in [0, 0.1) is 20.2 Å². The highest BCUT2D eigenvalue weighted by molar-refractivity contribution is 8.07. The van der Waals surface area contributed by atoms with E-state index in [2.05, 4.69) is 3.77 Å². The van der Waals surface area contributed by atoms with E-state index in [9.17, 15) is 24.4 Å². The van der Waals surface area contributed by atoms with E-state index in [1.807, 2.05) is 0 Å². The van der Waals surface area contributed by atoms with Crippen LogP contribution in [0.1, 0.15) is 0 Å². The Hall–Kier alpha value is -3.24. The lowest BCUT2D eigenvalue weighted by Crippen LogP contribution is -2.01. The van der Waals surface area contributed by atoms with E-state index in [1.165, 1.54) is 6.07 Å². The van der Waals surface area contributed by atoms with Crippen molar-refractivity contribution >= 4 is 33.1 Å². The fourth-order valence-corrected chi connectivity index (χ4v) is 5.47. The third-order valence-electron chi connectivity index (χ3n) is 3.72. The molecule has 0 radical (unpaired) electrons. The number of non-ortho nitro benzene ring substituents is 1. The van der Waals surface area contributed by atoms with Gasteiger partial charge in [-0.1, -0.05) is 36.4 Å². The Kier molecular flexibility index (Phi) is 5.71. The zero-order valence-electron chi connectivity index (χ0n) is 14.2.